The number of amides is 3. The maximum absolute atomic E-state index is 13.4. The number of thioether (sulfide) groups is 1. The van der Waals surface area contributed by atoms with E-state index in [1.54, 1.807) is 93.0 Å². The molecule has 3 amide bonds. The summed E-state index contributed by atoms with van der Waals surface area (Å²) in [4.78, 5) is 58.6. The van der Waals surface area contributed by atoms with E-state index >= 15 is 0 Å². The van der Waals surface area contributed by atoms with Crippen molar-refractivity contribution < 1.29 is 23.9 Å². The second-order valence-corrected chi connectivity index (χ2v) is 13.7. The molecule has 2 heterocycles. The van der Waals surface area contributed by atoms with Crippen LogP contribution in [0.15, 0.2) is 89.7 Å². The molecule has 242 valence electrons. The zero-order valence-electron chi connectivity index (χ0n) is 26.4. The maximum Gasteiger partial charge on any atom is 0.341 e. The van der Waals surface area contributed by atoms with Crippen molar-refractivity contribution in [3.8, 4) is 0 Å². The predicted octanol–water partition coefficient (Wildman–Crippen LogP) is 6.97. The standard InChI is InChI=1S/C36H36N4O5S2/c1-4-45-36(44)31-28-16-15-22(2)18-30(28)47-35(31)40-32(41)23(3)46-27-14-8-13-26(20-27)38-34(43)29(19-24-10-9-17-37-21-24)39-33(42)25-11-6-5-7-12-25/h5-14,17,19-23H,4,15-16,18H2,1-3H3,(H,38,43)(H,39,42)(H,40,41)/b29-19-. The summed E-state index contributed by atoms with van der Waals surface area (Å²) in [7, 11) is 0. The molecule has 0 fully saturated rings. The average molecular weight is 669 g/mol. The van der Waals surface area contributed by atoms with Crippen LogP contribution in [0.3, 0.4) is 0 Å². The Morgan fingerprint density at radius 2 is 1.87 bits per heavy atom. The number of benzene rings is 2. The predicted molar refractivity (Wildman–Crippen MR) is 187 cm³/mol. The number of aromatic nitrogens is 1. The van der Waals surface area contributed by atoms with Gasteiger partial charge in [0.25, 0.3) is 11.8 Å². The molecule has 11 heteroatoms. The van der Waals surface area contributed by atoms with Crippen LogP contribution in [0.25, 0.3) is 6.08 Å². The molecule has 5 rings (SSSR count). The molecule has 9 nitrogen and oxygen atoms in total. The van der Waals surface area contributed by atoms with Crippen molar-refractivity contribution in [3.63, 3.8) is 0 Å². The lowest BCUT2D eigenvalue weighted by Gasteiger charge is -2.18. The van der Waals surface area contributed by atoms with Gasteiger partial charge in [0, 0.05) is 33.4 Å². The van der Waals surface area contributed by atoms with Gasteiger partial charge in [-0.2, -0.15) is 0 Å². The van der Waals surface area contributed by atoms with Gasteiger partial charge >= 0.3 is 5.97 Å². The van der Waals surface area contributed by atoms with Crippen LogP contribution >= 0.6 is 23.1 Å². The van der Waals surface area contributed by atoms with E-state index in [-0.39, 0.29) is 18.2 Å². The second kappa shape index (κ2) is 15.7. The highest BCUT2D eigenvalue weighted by Gasteiger charge is 2.30. The molecule has 0 aliphatic heterocycles. The lowest BCUT2D eigenvalue weighted by molar-refractivity contribution is -0.115. The number of nitrogens with one attached hydrogen (secondary N) is 3. The van der Waals surface area contributed by atoms with Crippen molar-refractivity contribution in [1.29, 1.82) is 0 Å². The molecule has 0 bridgehead atoms. The van der Waals surface area contributed by atoms with Crippen molar-refractivity contribution >= 4 is 63.6 Å². The van der Waals surface area contributed by atoms with Crippen LogP contribution in [0.4, 0.5) is 10.7 Å². The zero-order chi connectivity index (χ0) is 33.3. The van der Waals surface area contributed by atoms with E-state index in [0.717, 1.165) is 34.6 Å². The van der Waals surface area contributed by atoms with E-state index in [1.807, 2.05) is 6.07 Å². The minimum atomic E-state index is -0.520. The third kappa shape index (κ3) is 8.75. The van der Waals surface area contributed by atoms with Gasteiger partial charge in [0.15, 0.2) is 0 Å². The van der Waals surface area contributed by atoms with Gasteiger partial charge in [-0.3, -0.25) is 19.4 Å². The van der Waals surface area contributed by atoms with Crippen LogP contribution in [0, 0.1) is 5.92 Å². The van der Waals surface area contributed by atoms with Crippen molar-refractivity contribution in [2.24, 2.45) is 5.92 Å². The molecule has 4 aromatic rings. The molecule has 0 saturated carbocycles. The van der Waals surface area contributed by atoms with Gasteiger partial charge in [-0.05, 0) is 92.6 Å². The number of anilines is 2. The molecule has 2 aromatic carbocycles. The van der Waals surface area contributed by atoms with Crippen molar-refractivity contribution in [1.82, 2.24) is 10.3 Å². The van der Waals surface area contributed by atoms with Crippen LogP contribution in [0.2, 0.25) is 0 Å². The van der Waals surface area contributed by atoms with Crippen LogP contribution in [-0.2, 0) is 27.2 Å². The maximum atomic E-state index is 13.4. The third-order valence-corrected chi connectivity index (χ3v) is 9.79. The number of nitrogens with zero attached hydrogens (tertiary/aromatic N) is 1. The molecule has 0 radical (unpaired) electrons. The fourth-order valence-electron chi connectivity index (χ4n) is 5.15. The highest BCUT2D eigenvalue weighted by molar-refractivity contribution is 8.00. The Morgan fingerprint density at radius 3 is 2.62 bits per heavy atom. The summed E-state index contributed by atoms with van der Waals surface area (Å²) in [5, 5.41) is 8.59. The summed E-state index contributed by atoms with van der Waals surface area (Å²) in [5.41, 5.74) is 3.05. The number of ether oxygens (including phenoxy) is 1. The third-order valence-electron chi connectivity index (χ3n) is 7.53. The Kier molecular flexibility index (Phi) is 11.2. The van der Waals surface area contributed by atoms with Crippen molar-refractivity contribution in [2.75, 3.05) is 17.2 Å². The molecule has 1 aliphatic carbocycles. The zero-order valence-corrected chi connectivity index (χ0v) is 28.0. The van der Waals surface area contributed by atoms with E-state index in [0.29, 0.717) is 33.3 Å². The van der Waals surface area contributed by atoms with Crippen LogP contribution in [-0.4, -0.2) is 40.5 Å². The van der Waals surface area contributed by atoms with E-state index in [1.165, 1.54) is 23.1 Å². The van der Waals surface area contributed by atoms with Gasteiger partial charge in [-0.25, -0.2) is 4.79 Å². The van der Waals surface area contributed by atoms with Gasteiger partial charge < -0.3 is 20.7 Å². The highest BCUT2D eigenvalue weighted by Crippen LogP contribution is 2.40. The Hall–Kier alpha value is -4.74. The van der Waals surface area contributed by atoms with Gasteiger partial charge in [0.2, 0.25) is 5.91 Å². The number of pyridine rings is 1. The molecule has 3 N–H and O–H groups in total. The van der Waals surface area contributed by atoms with Crippen molar-refractivity contribution in [2.45, 2.75) is 50.2 Å². The molecule has 0 saturated heterocycles. The molecule has 0 spiro atoms. The summed E-state index contributed by atoms with van der Waals surface area (Å²) >= 11 is 2.78. The molecule has 2 unspecified atom stereocenters. The highest BCUT2D eigenvalue weighted by atomic mass is 32.2. The minimum Gasteiger partial charge on any atom is -0.462 e. The number of carbonyl (C=O) groups is 4. The fourth-order valence-corrected chi connectivity index (χ4v) is 7.47. The summed E-state index contributed by atoms with van der Waals surface area (Å²) in [6.45, 7) is 6.01. The lowest BCUT2D eigenvalue weighted by atomic mass is 9.88. The summed E-state index contributed by atoms with van der Waals surface area (Å²) in [5.74, 6) is -1.08. The van der Waals surface area contributed by atoms with Gasteiger partial charge in [-0.1, -0.05) is 37.3 Å². The normalized spacial score (nSPS) is 14.8. The number of thiophene rings is 1. The smallest absolute Gasteiger partial charge is 0.341 e. The van der Waals surface area contributed by atoms with E-state index in [2.05, 4.69) is 27.9 Å². The first-order valence-electron chi connectivity index (χ1n) is 15.4. The number of carbonyl (C=O) groups excluding carboxylic acids is 4. The van der Waals surface area contributed by atoms with Crippen LogP contribution in [0.1, 0.15) is 63.9 Å². The first-order chi connectivity index (χ1) is 22.7. The Bertz CT molecular complexity index is 1790. The Labute approximate surface area is 282 Å². The second-order valence-electron chi connectivity index (χ2n) is 11.2. The first-order valence-corrected chi connectivity index (χ1v) is 17.1. The fraction of sp³-hybridized carbons (Fsp3) is 0.250. The monoisotopic (exact) mass is 668 g/mol. The summed E-state index contributed by atoms with van der Waals surface area (Å²) in [6, 6.07) is 19.3. The van der Waals surface area contributed by atoms with Gasteiger partial charge in [-0.15, -0.1) is 23.1 Å². The largest absolute Gasteiger partial charge is 0.462 e. The number of esters is 1. The van der Waals surface area contributed by atoms with Crippen LogP contribution < -0.4 is 16.0 Å². The SMILES string of the molecule is CCOC(=O)c1c(NC(=O)C(C)Sc2cccc(NC(=O)/C(=C/c3cccnc3)NC(=O)c3ccccc3)c2)sc2c1CCC(C)C2. The number of hydrogen-bond donors (Lipinski definition) is 3. The van der Waals surface area contributed by atoms with E-state index < -0.39 is 23.0 Å². The average Bonchev–Trinajstić information content (AvgIpc) is 3.42. The molecule has 2 aromatic heterocycles. The Balaban J connectivity index is 1.28. The molecular weight excluding hydrogens is 633 g/mol. The first kappa shape index (κ1) is 33.6. The molecule has 47 heavy (non-hydrogen) atoms. The molecular formula is C36H36N4O5S2. The summed E-state index contributed by atoms with van der Waals surface area (Å²) in [6.07, 6.45) is 7.42. The summed E-state index contributed by atoms with van der Waals surface area (Å²) < 4.78 is 5.34. The molecule has 2 atom stereocenters. The van der Waals surface area contributed by atoms with Crippen molar-refractivity contribution in [3.05, 3.63) is 112 Å². The van der Waals surface area contributed by atoms with Crippen LogP contribution in [0.5, 0.6) is 0 Å². The van der Waals surface area contributed by atoms with E-state index in [4.69, 9.17) is 4.74 Å². The van der Waals surface area contributed by atoms with Gasteiger partial charge in [0.05, 0.1) is 17.4 Å². The Morgan fingerprint density at radius 1 is 1.06 bits per heavy atom. The molecule has 1 aliphatic rings. The lowest BCUT2D eigenvalue weighted by Crippen LogP contribution is -2.30. The number of rotatable bonds is 11. The number of fused-ring (bicyclic) bond motifs is 1. The van der Waals surface area contributed by atoms with Gasteiger partial charge in [0.1, 0.15) is 10.7 Å². The van der Waals surface area contributed by atoms with E-state index in [9.17, 15) is 19.2 Å². The topological polar surface area (TPSA) is 126 Å². The number of hydrogen-bond acceptors (Lipinski definition) is 8. The quantitative estimate of drug-likeness (QED) is 0.0895. The minimum absolute atomic E-state index is 0.0445.